The highest BCUT2D eigenvalue weighted by molar-refractivity contribution is 6.33. The lowest BCUT2D eigenvalue weighted by Crippen LogP contribution is -2.21. The van der Waals surface area contributed by atoms with Gasteiger partial charge in [0.05, 0.1) is 22.5 Å². The largest absolute Gasteiger partial charge is 0.416 e. The molecule has 28 heavy (non-hydrogen) atoms. The van der Waals surface area contributed by atoms with Crippen LogP contribution in [-0.4, -0.2) is 18.0 Å². The Labute approximate surface area is 168 Å². The Morgan fingerprint density at radius 1 is 1.00 bits per heavy atom. The van der Waals surface area contributed by atoms with Gasteiger partial charge in [-0.2, -0.15) is 18.3 Å². The van der Waals surface area contributed by atoms with Crippen LogP contribution in [0.25, 0.3) is 0 Å². The van der Waals surface area contributed by atoms with Crippen LogP contribution in [0.3, 0.4) is 0 Å². The van der Waals surface area contributed by atoms with Crippen molar-refractivity contribution in [1.82, 2.24) is 5.43 Å². The lowest BCUT2D eigenvalue weighted by atomic mass is 10.2. The quantitative estimate of drug-likeness (QED) is 0.505. The third-order valence-electron chi connectivity index (χ3n) is 3.42. The molecule has 0 radical (unpaired) electrons. The van der Waals surface area contributed by atoms with Crippen LogP contribution in [0.5, 0.6) is 0 Å². The lowest BCUT2D eigenvalue weighted by Gasteiger charge is -2.11. The summed E-state index contributed by atoms with van der Waals surface area (Å²) in [6.45, 7) is 0. The van der Waals surface area contributed by atoms with E-state index >= 15 is 0 Å². The number of hydrogen-bond donors (Lipinski definition) is 2. The van der Waals surface area contributed by atoms with E-state index in [9.17, 15) is 22.8 Å². The molecule has 0 aliphatic heterocycles. The van der Waals surface area contributed by atoms with Crippen LogP contribution in [0.1, 0.15) is 24.0 Å². The molecule has 0 aliphatic rings. The van der Waals surface area contributed by atoms with Crippen molar-refractivity contribution in [2.24, 2.45) is 5.10 Å². The summed E-state index contributed by atoms with van der Waals surface area (Å²) in [4.78, 5) is 23.6. The first-order valence-corrected chi connectivity index (χ1v) is 8.65. The molecule has 0 saturated heterocycles. The van der Waals surface area contributed by atoms with Crippen molar-refractivity contribution in [3.63, 3.8) is 0 Å². The summed E-state index contributed by atoms with van der Waals surface area (Å²) in [6, 6.07) is 9.30. The second kappa shape index (κ2) is 9.57. The number of nitrogens with one attached hydrogen (secondary N) is 2. The van der Waals surface area contributed by atoms with Gasteiger partial charge in [-0.05, 0) is 35.9 Å². The first-order valence-electron chi connectivity index (χ1n) is 7.89. The number of hydrazone groups is 1. The van der Waals surface area contributed by atoms with Gasteiger partial charge in [0, 0.05) is 17.9 Å². The summed E-state index contributed by atoms with van der Waals surface area (Å²) in [5.74, 6) is -1.19. The number of carbonyl (C=O) groups excluding carboxylic acids is 2. The minimum atomic E-state index is -4.56. The molecule has 148 valence electrons. The van der Waals surface area contributed by atoms with Crippen LogP contribution >= 0.6 is 23.2 Å². The van der Waals surface area contributed by atoms with Crippen LogP contribution in [-0.2, 0) is 15.8 Å². The van der Waals surface area contributed by atoms with Gasteiger partial charge in [0.25, 0.3) is 0 Å². The Morgan fingerprint density at radius 2 is 1.64 bits per heavy atom. The van der Waals surface area contributed by atoms with Gasteiger partial charge in [-0.1, -0.05) is 35.3 Å². The van der Waals surface area contributed by atoms with E-state index in [-0.39, 0.29) is 23.6 Å². The van der Waals surface area contributed by atoms with E-state index < -0.39 is 23.6 Å². The lowest BCUT2D eigenvalue weighted by molar-refractivity contribution is -0.137. The molecule has 5 nitrogen and oxygen atoms in total. The molecule has 2 amide bonds. The van der Waals surface area contributed by atoms with Gasteiger partial charge < -0.3 is 5.32 Å². The molecule has 2 N–H and O–H groups in total. The van der Waals surface area contributed by atoms with Crippen LogP contribution in [0.15, 0.2) is 47.6 Å². The van der Waals surface area contributed by atoms with Crippen molar-refractivity contribution in [3.05, 3.63) is 63.6 Å². The smallest absolute Gasteiger partial charge is 0.325 e. The number of halogens is 5. The Kier molecular flexibility index (Phi) is 7.42. The molecule has 0 saturated carbocycles. The third-order valence-corrected chi connectivity index (χ3v) is 4.00. The highest BCUT2D eigenvalue weighted by atomic mass is 35.5. The number of hydrogen-bond acceptors (Lipinski definition) is 3. The van der Waals surface area contributed by atoms with E-state index in [0.717, 1.165) is 18.2 Å². The number of nitrogens with zero attached hydrogens (tertiary/aromatic N) is 1. The van der Waals surface area contributed by atoms with Gasteiger partial charge in [-0.15, -0.1) is 0 Å². The molecule has 0 spiro atoms. The number of carbonyl (C=O) groups is 2. The maximum atomic E-state index is 12.7. The average molecular weight is 432 g/mol. The molecular weight excluding hydrogens is 418 g/mol. The molecule has 0 unspecified atom stereocenters. The number of benzene rings is 2. The van der Waals surface area contributed by atoms with Crippen molar-refractivity contribution in [2.75, 3.05) is 5.32 Å². The van der Waals surface area contributed by atoms with Gasteiger partial charge in [-0.3, -0.25) is 9.59 Å². The minimum Gasteiger partial charge on any atom is -0.325 e. The van der Waals surface area contributed by atoms with Gasteiger partial charge in [0.2, 0.25) is 11.8 Å². The van der Waals surface area contributed by atoms with Crippen LogP contribution in [0.2, 0.25) is 10.0 Å². The van der Waals surface area contributed by atoms with Crippen LogP contribution in [0.4, 0.5) is 18.9 Å². The van der Waals surface area contributed by atoms with Crippen molar-refractivity contribution < 1.29 is 22.8 Å². The predicted octanol–water partition coefficient (Wildman–Crippen LogP) is 4.88. The molecule has 2 aromatic rings. The molecule has 0 aromatic heterocycles. The highest BCUT2D eigenvalue weighted by Gasteiger charge is 2.31. The molecule has 0 atom stereocenters. The Bertz CT molecular complexity index is 885. The van der Waals surface area contributed by atoms with E-state index in [2.05, 4.69) is 15.8 Å². The molecule has 0 aliphatic carbocycles. The van der Waals surface area contributed by atoms with E-state index in [1.165, 1.54) is 6.21 Å². The summed E-state index contributed by atoms with van der Waals surface area (Å²) in [7, 11) is 0. The zero-order chi connectivity index (χ0) is 20.7. The zero-order valence-electron chi connectivity index (χ0n) is 14.2. The van der Waals surface area contributed by atoms with Crippen molar-refractivity contribution in [2.45, 2.75) is 19.0 Å². The second-order valence-corrected chi connectivity index (χ2v) is 6.43. The van der Waals surface area contributed by atoms with Gasteiger partial charge in [-0.25, -0.2) is 5.43 Å². The molecule has 2 rings (SSSR count). The average Bonchev–Trinajstić information content (AvgIpc) is 2.62. The van der Waals surface area contributed by atoms with Gasteiger partial charge in [0.1, 0.15) is 0 Å². The molecular formula is C18H14Cl2F3N3O2. The van der Waals surface area contributed by atoms with Crippen LogP contribution < -0.4 is 10.7 Å². The summed E-state index contributed by atoms with van der Waals surface area (Å²) in [5.41, 5.74) is 1.84. The summed E-state index contributed by atoms with van der Waals surface area (Å²) < 4.78 is 38.2. The molecule has 0 heterocycles. The Balaban J connectivity index is 1.83. The number of rotatable bonds is 6. The summed E-state index contributed by atoms with van der Waals surface area (Å²) in [5, 5.41) is 6.52. The van der Waals surface area contributed by atoms with E-state index in [4.69, 9.17) is 23.2 Å². The molecule has 2 aromatic carbocycles. The van der Waals surface area contributed by atoms with E-state index in [1.54, 1.807) is 24.3 Å². The first kappa shape index (κ1) is 21.7. The number of alkyl halides is 3. The van der Waals surface area contributed by atoms with Crippen molar-refractivity contribution in [3.8, 4) is 0 Å². The van der Waals surface area contributed by atoms with Crippen molar-refractivity contribution in [1.29, 1.82) is 0 Å². The SMILES string of the molecule is O=C(CCC(=O)Nc1cc(C(F)(F)F)ccc1Cl)NN=Cc1ccc(Cl)cc1. The Hall–Kier alpha value is -2.58. The molecule has 10 heteroatoms. The van der Waals surface area contributed by atoms with E-state index in [0.29, 0.717) is 10.6 Å². The molecule has 0 bridgehead atoms. The van der Waals surface area contributed by atoms with Gasteiger partial charge in [0.15, 0.2) is 0 Å². The topological polar surface area (TPSA) is 70.6 Å². The van der Waals surface area contributed by atoms with Crippen molar-refractivity contribution >= 4 is 46.9 Å². The maximum Gasteiger partial charge on any atom is 0.416 e. The van der Waals surface area contributed by atoms with Gasteiger partial charge >= 0.3 is 6.18 Å². The van der Waals surface area contributed by atoms with E-state index in [1.807, 2.05) is 0 Å². The maximum absolute atomic E-state index is 12.7. The standard InChI is InChI=1S/C18H14Cl2F3N3O2/c19-13-4-1-11(2-5-13)10-24-26-17(28)8-7-16(27)25-15-9-12(18(21,22)23)3-6-14(15)20/h1-6,9-10H,7-8H2,(H,25,27)(H,26,28). The Morgan fingerprint density at radius 3 is 2.29 bits per heavy atom. The fourth-order valence-corrected chi connectivity index (χ4v) is 2.31. The second-order valence-electron chi connectivity index (χ2n) is 5.59. The normalized spacial score (nSPS) is 11.5. The first-order chi connectivity index (χ1) is 13.1. The third kappa shape index (κ3) is 6.86. The fourth-order valence-electron chi connectivity index (χ4n) is 2.02. The summed E-state index contributed by atoms with van der Waals surface area (Å²) >= 11 is 11.6. The highest BCUT2D eigenvalue weighted by Crippen LogP contribution is 2.33. The molecule has 0 fully saturated rings. The monoisotopic (exact) mass is 431 g/mol. The predicted molar refractivity (Wildman–Crippen MR) is 102 cm³/mol. The number of amides is 2. The van der Waals surface area contributed by atoms with Crippen LogP contribution in [0, 0.1) is 0 Å². The fraction of sp³-hybridized carbons (Fsp3) is 0.167. The summed E-state index contributed by atoms with van der Waals surface area (Å²) in [6.07, 6.45) is -3.63. The zero-order valence-corrected chi connectivity index (χ0v) is 15.7. The minimum absolute atomic E-state index is 0.0432. The number of anilines is 1.